The molecule has 0 bridgehead atoms. The SMILES string of the molecule is CCOCOc1cc(/C=C/c2cccc(CCCCC(=O)OC)c2)cc(OCOCC)c1. The lowest BCUT2D eigenvalue weighted by Gasteiger charge is -2.11. The minimum absolute atomic E-state index is 0.154. The Hall–Kier alpha value is -2.83. The van der Waals surface area contributed by atoms with E-state index in [0.29, 0.717) is 31.1 Å². The summed E-state index contributed by atoms with van der Waals surface area (Å²) in [5.74, 6) is 1.19. The number of benzene rings is 2. The molecular formula is C26H34O6. The number of ether oxygens (including phenoxy) is 5. The molecule has 2 rings (SSSR count). The summed E-state index contributed by atoms with van der Waals surface area (Å²) >= 11 is 0. The lowest BCUT2D eigenvalue weighted by atomic mass is 10.0. The highest BCUT2D eigenvalue weighted by Gasteiger charge is 2.04. The number of carbonyl (C=O) groups is 1. The first-order chi connectivity index (χ1) is 15.6. The zero-order chi connectivity index (χ0) is 23.0. The van der Waals surface area contributed by atoms with Crippen LogP contribution >= 0.6 is 0 Å². The number of aryl methyl sites for hydroxylation is 1. The molecule has 2 aromatic carbocycles. The van der Waals surface area contributed by atoms with E-state index in [1.807, 2.05) is 44.2 Å². The summed E-state index contributed by atoms with van der Waals surface area (Å²) in [5, 5.41) is 0. The van der Waals surface area contributed by atoms with Crippen LogP contribution in [-0.4, -0.2) is 39.9 Å². The Morgan fingerprint density at radius 1 is 0.844 bits per heavy atom. The molecule has 0 unspecified atom stereocenters. The standard InChI is InChI=1S/C26H34O6/c1-4-29-19-31-24-16-23(17-25(18-24)32-20-30-5-2)14-13-22-11-8-10-21(15-22)9-6-7-12-26(27)28-3/h8,10-11,13-18H,4-7,9,12,19-20H2,1-3H3/b14-13+. The summed E-state index contributed by atoms with van der Waals surface area (Å²) in [5.41, 5.74) is 3.30. The third kappa shape index (κ3) is 9.98. The van der Waals surface area contributed by atoms with Crippen LogP contribution in [0.2, 0.25) is 0 Å². The molecule has 0 saturated carbocycles. The van der Waals surface area contributed by atoms with Gasteiger partial charge in [-0.05, 0) is 61.9 Å². The fourth-order valence-electron chi connectivity index (χ4n) is 2.99. The molecule has 0 N–H and O–H groups in total. The van der Waals surface area contributed by atoms with Crippen LogP contribution < -0.4 is 9.47 Å². The predicted molar refractivity (Wildman–Crippen MR) is 126 cm³/mol. The molecule has 0 aliphatic rings. The van der Waals surface area contributed by atoms with Crippen LogP contribution in [0.3, 0.4) is 0 Å². The Bertz CT molecular complexity index is 818. The van der Waals surface area contributed by atoms with Crippen LogP contribution in [0.15, 0.2) is 42.5 Å². The maximum atomic E-state index is 11.2. The Labute approximate surface area is 191 Å². The molecule has 0 aromatic heterocycles. The molecule has 0 heterocycles. The van der Waals surface area contributed by atoms with Crippen molar-refractivity contribution in [2.24, 2.45) is 0 Å². The van der Waals surface area contributed by atoms with Crippen LogP contribution in [-0.2, 0) is 25.4 Å². The van der Waals surface area contributed by atoms with Gasteiger partial charge in [0.2, 0.25) is 0 Å². The second-order valence-corrected chi connectivity index (χ2v) is 7.11. The number of unbranched alkanes of at least 4 members (excludes halogenated alkanes) is 1. The lowest BCUT2D eigenvalue weighted by molar-refractivity contribution is -0.140. The first-order valence-corrected chi connectivity index (χ1v) is 11.0. The highest BCUT2D eigenvalue weighted by Crippen LogP contribution is 2.25. The summed E-state index contributed by atoms with van der Waals surface area (Å²) in [4.78, 5) is 11.2. The number of hydrogen-bond acceptors (Lipinski definition) is 6. The molecule has 0 aliphatic heterocycles. The van der Waals surface area contributed by atoms with Crippen molar-refractivity contribution in [2.75, 3.05) is 33.9 Å². The minimum atomic E-state index is -0.154. The van der Waals surface area contributed by atoms with Gasteiger partial charge in [0.05, 0.1) is 7.11 Å². The number of esters is 1. The molecule has 2 aromatic rings. The van der Waals surface area contributed by atoms with Crippen molar-refractivity contribution in [1.82, 2.24) is 0 Å². The van der Waals surface area contributed by atoms with Crippen molar-refractivity contribution in [3.8, 4) is 11.5 Å². The molecule has 6 heteroatoms. The average Bonchev–Trinajstić information content (AvgIpc) is 2.81. The normalized spacial score (nSPS) is 11.0. The first-order valence-electron chi connectivity index (χ1n) is 11.0. The van der Waals surface area contributed by atoms with Gasteiger partial charge in [-0.2, -0.15) is 0 Å². The summed E-state index contributed by atoms with van der Waals surface area (Å²) in [6, 6.07) is 14.1. The van der Waals surface area contributed by atoms with Crippen molar-refractivity contribution >= 4 is 18.1 Å². The third-order valence-electron chi connectivity index (χ3n) is 4.67. The summed E-state index contributed by atoms with van der Waals surface area (Å²) < 4.78 is 26.6. The van der Waals surface area contributed by atoms with Gasteiger partial charge >= 0.3 is 5.97 Å². The van der Waals surface area contributed by atoms with E-state index in [0.717, 1.165) is 30.4 Å². The van der Waals surface area contributed by atoms with E-state index in [2.05, 4.69) is 29.0 Å². The Morgan fingerprint density at radius 3 is 2.12 bits per heavy atom. The summed E-state index contributed by atoms with van der Waals surface area (Å²) in [7, 11) is 1.42. The highest BCUT2D eigenvalue weighted by atomic mass is 16.7. The molecule has 6 nitrogen and oxygen atoms in total. The third-order valence-corrected chi connectivity index (χ3v) is 4.67. The van der Waals surface area contributed by atoms with E-state index in [1.54, 1.807) is 0 Å². The number of methoxy groups -OCH3 is 1. The molecule has 0 spiro atoms. The quantitative estimate of drug-likeness (QED) is 0.157. The van der Waals surface area contributed by atoms with Crippen molar-refractivity contribution in [1.29, 1.82) is 0 Å². The lowest BCUT2D eigenvalue weighted by Crippen LogP contribution is -2.04. The van der Waals surface area contributed by atoms with Crippen molar-refractivity contribution in [3.63, 3.8) is 0 Å². The Morgan fingerprint density at radius 2 is 1.50 bits per heavy atom. The molecular weight excluding hydrogens is 408 g/mol. The van der Waals surface area contributed by atoms with Gasteiger partial charge in [0.1, 0.15) is 11.5 Å². The molecule has 174 valence electrons. The van der Waals surface area contributed by atoms with E-state index in [4.69, 9.17) is 18.9 Å². The van der Waals surface area contributed by atoms with Gasteiger partial charge in [-0.1, -0.05) is 36.4 Å². The van der Waals surface area contributed by atoms with Gasteiger partial charge in [0, 0.05) is 25.7 Å². The number of hydrogen-bond donors (Lipinski definition) is 0. The molecule has 0 fully saturated rings. The number of rotatable bonds is 15. The second kappa shape index (κ2) is 15.1. The van der Waals surface area contributed by atoms with E-state index in [1.165, 1.54) is 12.7 Å². The molecule has 0 amide bonds. The van der Waals surface area contributed by atoms with Crippen molar-refractivity contribution < 1.29 is 28.5 Å². The van der Waals surface area contributed by atoms with Crippen LogP contribution in [0, 0.1) is 0 Å². The van der Waals surface area contributed by atoms with Gasteiger partial charge in [-0.25, -0.2) is 0 Å². The zero-order valence-electron chi connectivity index (χ0n) is 19.3. The maximum absolute atomic E-state index is 11.2. The van der Waals surface area contributed by atoms with Gasteiger partial charge in [-0.3, -0.25) is 4.79 Å². The summed E-state index contributed by atoms with van der Waals surface area (Å²) in [6.45, 7) is 5.40. The molecule has 0 saturated heterocycles. The fourth-order valence-corrected chi connectivity index (χ4v) is 2.99. The zero-order valence-corrected chi connectivity index (χ0v) is 19.3. The molecule has 0 aliphatic carbocycles. The minimum Gasteiger partial charge on any atom is -0.469 e. The van der Waals surface area contributed by atoms with Gasteiger partial charge in [-0.15, -0.1) is 0 Å². The summed E-state index contributed by atoms with van der Waals surface area (Å²) in [6.07, 6.45) is 7.25. The monoisotopic (exact) mass is 442 g/mol. The van der Waals surface area contributed by atoms with Gasteiger partial charge < -0.3 is 23.7 Å². The van der Waals surface area contributed by atoms with E-state index >= 15 is 0 Å². The smallest absolute Gasteiger partial charge is 0.305 e. The van der Waals surface area contributed by atoms with E-state index in [-0.39, 0.29) is 19.6 Å². The Balaban J connectivity index is 2.03. The van der Waals surface area contributed by atoms with Crippen molar-refractivity contribution in [2.45, 2.75) is 39.5 Å². The fraction of sp³-hybridized carbons (Fsp3) is 0.423. The molecule has 0 radical (unpaired) electrons. The van der Waals surface area contributed by atoms with Gasteiger partial charge in [0.25, 0.3) is 0 Å². The van der Waals surface area contributed by atoms with E-state index in [9.17, 15) is 4.79 Å². The van der Waals surface area contributed by atoms with Gasteiger partial charge in [0.15, 0.2) is 13.6 Å². The van der Waals surface area contributed by atoms with Crippen LogP contribution in [0.1, 0.15) is 49.8 Å². The average molecular weight is 443 g/mol. The predicted octanol–water partition coefficient (Wildman–Crippen LogP) is 5.49. The first kappa shape index (κ1) is 25.4. The van der Waals surface area contributed by atoms with Crippen LogP contribution in [0.5, 0.6) is 11.5 Å². The van der Waals surface area contributed by atoms with Crippen LogP contribution in [0.25, 0.3) is 12.2 Å². The number of carbonyl (C=O) groups excluding carboxylic acids is 1. The van der Waals surface area contributed by atoms with E-state index < -0.39 is 0 Å². The maximum Gasteiger partial charge on any atom is 0.305 e. The van der Waals surface area contributed by atoms with Crippen LogP contribution in [0.4, 0.5) is 0 Å². The molecule has 0 atom stereocenters. The largest absolute Gasteiger partial charge is 0.469 e. The second-order valence-electron chi connectivity index (χ2n) is 7.11. The topological polar surface area (TPSA) is 63.2 Å². The Kier molecular flexibility index (Phi) is 12.0. The highest BCUT2D eigenvalue weighted by molar-refractivity contribution is 5.71. The van der Waals surface area contributed by atoms with Crippen molar-refractivity contribution in [3.05, 3.63) is 59.2 Å². The molecule has 32 heavy (non-hydrogen) atoms.